The quantitative estimate of drug-likeness (QED) is 0.626. The lowest BCUT2D eigenvalue weighted by molar-refractivity contribution is -0.108. The van der Waals surface area contributed by atoms with E-state index in [0.717, 1.165) is 36.2 Å². The number of hydrogen-bond acceptors (Lipinski definition) is 7. The van der Waals surface area contributed by atoms with Gasteiger partial charge in [-0.25, -0.2) is 4.98 Å². The van der Waals surface area contributed by atoms with E-state index in [1.54, 1.807) is 17.2 Å². The Kier molecular flexibility index (Phi) is 7.41. The highest BCUT2D eigenvalue weighted by atomic mass is 16.5. The first-order valence-electron chi connectivity index (χ1n) is 10.5. The van der Waals surface area contributed by atoms with E-state index in [1.807, 2.05) is 45.0 Å². The summed E-state index contributed by atoms with van der Waals surface area (Å²) in [4.78, 5) is 36.7. The van der Waals surface area contributed by atoms with Crippen LogP contribution in [-0.2, 0) is 9.53 Å². The number of amides is 2. The Labute approximate surface area is 182 Å². The Bertz CT molecular complexity index is 927. The van der Waals surface area contributed by atoms with E-state index in [0.29, 0.717) is 37.1 Å². The van der Waals surface area contributed by atoms with Gasteiger partial charge in [0.25, 0.3) is 5.91 Å². The van der Waals surface area contributed by atoms with Crippen LogP contribution < -0.4 is 20.4 Å². The molecule has 2 heterocycles. The van der Waals surface area contributed by atoms with Crippen molar-refractivity contribution in [3.8, 4) is 0 Å². The molecule has 0 saturated carbocycles. The highest BCUT2D eigenvalue weighted by molar-refractivity contribution is 5.95. The Morgan fingerprint density at radius 3 is 2.65 bits per heavy atom. The van der Waals surface area contributed by atoms with E-state index in [4.69, 9.17) is 4.74 Å². The van der Waals surface area contributed by atoms with Gasteiger partial charge in [0.1, 0.15) is 0 Å². The number of anilines is 4. The lowest BCUT2D eigenvalue weighted by Gasteiger charge is -2.32. The van der Waals surface area contributed by atoms with E-state index < -0.39 is 0 Å². The molecule has 2 N–H and O–H groups in total. The molecule has 0 bridgehead atoms. The first-order chi connectivity index (χ1) is 14.9. The summed E-state index contributed by atoms with van der Waals surface area (Å²) in [5, 5.41) is 6.02. The number of aryl methyl sites for hydroxylation is 1. The zero-order valence-electron chi connectivity index (χ0n) is 18.5. The molecule has 9 nitrogen and oxygen atoms in total. The van der Waals surface area contributed by atoms with Gasteiger partial charge < -0.3 is 20.3 Å². The molecule has 1 fully saturated rings. The summed E-state index contributed by atoms with van der Waals surface area (Å²) in [6, 6.07) is 5.45. The summed E-state index contributed by atoms with van der Waals surface area (Å²) in [6.07, 6.45) is 4.07. The Morgan fingerprint density at radius 1 is 1.29 bits per heavy atom. The maximum atomic E-state index is 12.1. The second-order valence-corrected chi connectivity index (χ2v) is 7.67. The van der Waals surface area contributed by atoms with E-state index in [9.17, 15) is 9.59 Å². The Morgan fingerprint density at radius 2 is 2.03 bits per heavy atom. The number of ether oxygens (including phenoxy) is 1. The summed E-state index contributed by atoms with van der Waals surface area (Å²) in [7, 11) is 3.79. The van der Waals surface area contributed by atoms with Crippen LogP contribution in [0.2, 0.25) is 0 Å². The second-order valence-electron chi connectivity index (χ2n) is 7.67. The predicted molar refractivity (Wildman–Crippen MR) is 121 cm³/mol. The molecule has 0 aliphatic carbocycles. The van der Waals surface area contributed by atoms with Crippen LogP contribution in [-0.4, -0.2) is 62.2 Å². The third kappa shape index (κ3) is 5.29. The monoisotopic (exact) mass is 426 g/mol. The highest BCUT2D eigenvalue weighted by Gasteiger charge is 2.26. The molecule has 0 atom stereocenters. The average molecular weight is 427 g/mol. The molecule has 2 amide bonds. The first kappa shape index (κ1) is 22.5. The van der Waals surface area contributed by atoms with Crippen molar-refractivity contribution in [1.82, 2.24) is 15.3 Å². The molecule has 1 aromatic carbocycles. The van der Waals surface area contributed by atoms with Gasteiger partial charge in [-0.05, 0) is 50.5 Å². The van der Waals surface area contributed by atoms with Gasteiger partial charge in [0.15, 0.2) is 5.82 Å². The molecule has 2 aromatic rings. The predicted octanol–water partition coefficient (Wildman–Crippen LogP) is 2.49. The molecule has 3 rings (SSSR count). The van der Waals surface area contributed by atoms with Crippen molar-refractivity contribution < 1.29 is 14.3 Å². The summed E-state index contributed by atoms with van der Waals surface area (Å²) in [6.45, 7) is 5.63. The average Bonchev–Trinajstić information content (AvgIpc) is 2.76. The fraction of sp³-hybridized carbons (Fsp3) is 0.455. The van der Waals surface area contributed by atoms with Crippen LogP contribution in [0.15, 0.2) is 24.4 Å². The van der Waals surface area contributed by atoms with Gasteiger partial charge in [0.05, 0.1) is 11.9 Å². The molecule has 0 radical (unpaired) electrons. The Balaban J connectivity index is 1.89. The van der Waals surface area contributed by atoms with Crippen molar-refractivity contribution in [2.75, 3.05) is 49.0 Å². The van der Waals surface area contributed by atoms with Crippen molar-refractivity contribution in [2.45, 2.75) is 32.7 Å². The molecule has 1 aromatic heterocycles. The molecule has 1 saturated heterocycles. The van der Waals surface area contributed by atoms with E-state index in [1.165, 1.54) is 0 Å². The minimum absolute atomic E-state index is 0.0331. The fourth-order valence-corrected chi connectivity index (χ4v) is 3.53. The van der Waals surface area contributed by atoms with Crippen molar-refractivity contribution in [2.24, 2.45) is 0 Å². The third-order valence-corrected chi connectivity index (χ3v) is 5.25. The van der Waals surface area contributed by atoms with E-state index in [2.05, 4.69) is 20.6 Å². The lowest BCUT2D eigenvalue weighted by atomic mass is 10.1. The van der Waals surface area contributed by atoms with Crippen molar-refractivity contribution >= 4 is 35.5 Å². The molecule has 166 valence electrons. The molecule has 0 spiro atoms. The van der Waals surface area contributed by atoms with Crippen LogP contribution in [0.5, 0.6) is 0 Å². The smallest absolute Gasteiger partial charge is 0.251 e. The fourth-order valence-electron chi connectivity index (χ4n) is 3.53. The van der Waals surface area contributed by atoms with E-state index >= 15 is 0 Å². The molecule has 9 heteroatoms. The van der Waals surface area contributed by atoms with Gasteiger partial charge in [0.2, 0.25) is 12.4 Å². The minimum atomic E-state index is -0.107. The standard InChI is InChI=1S/C22H30N6O3/c1-5-23-21(30)16-6-7-18(15(2)12-16)25-22-24-13-19(27(3)4)20(26-22)28(14-29)17-8-10-31-11-9-17/h6-7,12-14,17H,5,8-11H2,1-4H3,(H,23,30)(H,24,25,26). The molecule has 31 heavy (non-hydrogen) atoms. The second kappa shape index (κ2) is 10.2. The normalized spacial score (nSPS) is 14.1. The molecule has 1 aliphatic heterocycles. The summed E-state index contributed by atoms with van der Waals surface area (Å²) in [5.74, 6) is 0.832. The number of nitrogens with one attached hydrogen (secondary N) is 2. The van der Waals surface area contributed by atoms with Gasteiger partial charge in [-0.3, -0.25) is 14.5 Å². The third-order valence-electron chi connectivity index (χ3n) is 5.25. The topological polar surface area (TPSA) is 99.7 Å². The van der Waals surface area contributed by atoms with Crippen LogP contribution in [0.25, 0.3) is 0 Å². The maximum absolute atomic E-state index is 12.1. The van der Waals surface area contributed by atoms with Gasteiger partial charge in [-0.1, -0.05) is 0 Å². The van der Waals surface area contributed by atoms with Crippen molar-refractivity contribution in [1.29, 1.82) is 0 Å². The zero-order chi connectivity index (χ0) is 22.4. The summed E-state index contributed by atoms with van der Waals surface area (Å²) in [5.41, 5.74) is 3.04. The van der Waals surface area contributed by atoms with Crippen LogP contribution in [0.1, 0.15) is 35.7 Å². The van der Waals surface area contributed by atoms with Crippen LogP contribution in [0, 0.1) is 6.92 Å². The van der Waals surface area contributed by atoms with Crippen LogP contribution >= 0.6 is 0 Å². The minimum Gasteiger partial charge on any atom is -0.381 e. The number of benzene rings is 1. The number of aromatic nitrogens is 2. The highest BCUT2D eigenvalue weighted by Crippen LogP contribution is 2.30. The first-order valence-corrected chi connectivity index (χ1v) is 10.5. The molecule has 1 aliphatic rings. The number of carbonyl (C=O) groups excluding carboxylic acids is 2. The SMILES string of the molecule is CCNC(=O)c1ccc(Nc2ncc(N(C)C)c(N(C=O)C3CCOCC3)n2)c(C)c1. The number of nitrogens with zero attached hydrogens (tertiary/aromatic N) is 4. The number of hydrogen-bond donors (Lipinski definition) is 2. The molecular formula is C22H30N6O3. The molecular weight excluding hydrogens is 396 g/mol. The largest absolute Gasteiger partial charge is 0.381 e. The van der Waals surface area contributed by atoms with Crippen molar-refractivity contribution in [3.63, 3.8) is 0 Å². The van der Waals surface area contributed by atoms with Crippen molar-refractivity contribution in [3.05, 3.63) is 35.5 Å². The maximum Gasteiger partial charge on any atom is 0.251 e. The van der Waals surface area contributed by atoms with E-state index in [-0.39, 0.29) is 11.9 Å². The number of carbonyl (C=O) groups is 2. The molecule has 0 unspecified atom stereocenters. The summed E-state index contributed by atoms with van der Waals surface area (Å²) >= 11 is 0. The Hall–Kier alpha value is -3.20. The van der Waals surface area contributed by atoms with Crippen LogP contribution in [0.3, 0.4) is 0 Å². The van der Waals surface area contributed by atoms with Gasteiger partial charge >= 0.3 is 0 Å². The zero-order valence-corrected chi connectivity index (χ0v) is 18.5. The summed E-state index contributed by atoms with van der Waals surface area (Å²) < 4.78 is 5.44. The van der Waals surface area contributed by atoms with Gasteiger partial charge in [-0.2, -0.15) is 4.98 Å². The van der Waals surface area contributed by atoms with Gasteiger partial charge in [0, 0.05) is 51.1 Å². The number of rotatable bonds is 8. The van der Waals surface area contributed by atoms with Gasteiger partial charge in [-0.15, -0.1) is 0 Å². The van der Waals surface area contributed by atoms with Crippen LogP contribution in [0.4, 0.5) is 23.1 Å². The lowest BCUT2D eigenvalue weighted by Crippen LogP contribution is -2.40.